The SMILES string of the molecule is C#CCC(NC)C(C)C. The predicted octanol–water partition coefficient (Wildman–Crippen LogP) is 1.25. The Kier molecular flexibility index (Phi) is 4.17. The first-order valence-electron chi connectivity index (χ1n) is 3.33. The number of rotatable bonds is 3. The molecule has 0 amide bonds. The van der Waals surface area contributed by atoms with E-state index in [1.165, 1.54) is 0 Å². The van der Waals surface area contributed by atoms with E-state index in [-0.39, 0.29) is 0 Å². The average molecular weight is 125 g/mol. The molecule has 0 saturated heterocycles. The smallest absolute Gasteiger partial charge is 0.0243 e. The molecule has 0 aromatic rings. The Labute approximate surface area is 57.8 Å². The highest BCUT2D eigenvalue weighted by atomic mass is 14.9. The Morgan fingerprint density at radius 2 is 2.11 bits per heavy atom. The van der Waals surface area contributed by atoms with Crippen LogP contribution >= 0.6 is 0 Å². The van der Waals surface area contributed by atoms with Crippen molar-refractivity contribution < 1.29 is 0 Å². The fourth-order valence-corrected chi connectivity index (χ4v) is 0.798. The van der Waals surface area contributed by atoms with Crippen LogP contribution in [0.5, 0.6) is 0 Å². The van der Waals surface area contributed by atoms with Crippen LogP contribution in [0.15, 0.2) is 0 Å². The van der Waals surface area contributed by atoms with E-state index in [0.717, 1.165) is 6.42 Å². The first-order valence-corrected chi connectivity index (χ1v) is 3.33. The minimum absolute atomic E-state index is 0.481. The van der Waals surface area contributed by atoms with Gasteiger partial charge in [0.2, 0.25) is 0 Å². The monoisotopic (exact) mass is 125 g/mol. The summed E-state index contributed by atoms with van der Waals surface area (Å²) in [6.45, 7) is 4.33. The normalized spacial score (nSPS) is 13.2. The van der Waals surface area contributed by atoms with Gasteiger partial charge >= 0.3 is 0 Å². The lowest BCUT2D eigenvalue weighted by Gasteiger charge is -2.16. The maximum absolute atomic E-state index is 5.15. The summed E-state index contributed by atoms with van der Waals surface area (Å²) in [6.07, 6.45) is 5.98. The van der Waals surface area contributed by atoms with Gasteiger partial charge in [-0.15, -0.1) is 12.3 Å². The Morgan fingerprint density at radius 1 is 1.56 bits per heavy atom. The standard InChI is InChI=1S/C8H15N/c1-5-6-8(9-4)7(2)3/h1,7-9H,6H2,2-4H3. The van der Waals surface area contributed by atoms with Crippen molar-refractivity contribution in [3.05, 3.63) is 0 Å². The van der Waals surface area contributed by atoms with Crippen LogP contribution in [0.1, 0.15) is 20.3 Å². The van der Waals surface area contributed by atoms with Crippen LogP contribution in [0.25, 0.3) is 0 Å². The Hall–Kier alpha value is -0.480. The number of nitrogens with one attached hydrogen (secondary N) is 1. The third kappa shape index (κ3) is 3.16. The molecule has 0 radical (unpaired) electrons. The van der Waals surface area contributed by atoms with E-state index in [2.05, 4.69) is 25.1 Å². The molecule has 1 atom stereocenters. The predicted molar refractivity (Wildman–Crippen MR) is 41.1 cm³/mol. The Morgan fingerprint density at radius 3 is 2.22 bits per heavy atom. The van der Waals surface area contributed by atoms with Gasteiger partial charge in [-0.05, 0) is 13.0 Å². The lowest BCUT2D eigenvalue weighted by atomic mass is 10.0. The second-order valence-electron chi connectivity index (χ2n) is 2.55. The summed E-state index contributed by atoms with van der Waals surface area (Å²) in [6, 6.07) is 0.481. The molecule has 1 unspecified atom stereocenters. The zero-order chi connectivity index (χ0) is 7.28. The van der Waals surface area contributed by atoms with Crippen molar-refractivity contribution in [3.63, 3.8) is 0 Å². The third-order valence-corrected chi connectivity index (χ3v) is 1.51. The molecule has 0 aliphatic heterocycles. The highest BCUT2D eigenvalue weighted by molar-refractivity contribution is 4.90. The molecule has 1 heteroatoms. The Bertz CT molecular complexity index is 99.6. The van der Waals surface area contributed by atoms with Crippen LogP contribution in [0.3, 0.4) is 0 Å². The van der Waals surface area contributed by atoms with Gasteiger partial charge < -0.3 is 5.32 Å². The highest BCUT2D eigenvalue weighted by Crippen LogP contribution is 2.03. The van der Waals surface area contributed by atoms with Gasteiger partial charge in [0.25, 0.3) is 0 Å². The topological polar surface area (TPSA) is 12.0 Å². The molecule has 9 heavy (non-hydrogen) atoms. The van der Waals surface area contributed by atoms with Crippen molar-refractivity contribution in [2.75, 3.05) is 7.05 Å². The number of hydrogen-bond donors (Lipinski definition) is 1. The molecule has 0 fully saturated rings. The van der Waals surface area contributed by atoms with E-state index in [1.54, 1.807) is 0 Å². The third-order valence-electron chi connectivity index (χ3n) is 1.51. The molecule has 0 bridgehead atoms. The van der Waals surface area contributed by atoms with Gasteiger partial charge in [-0.25, -0.2) is 0 Å². The summed E-state index contributed by atoms with van der Waals surface area (Å²) in [4.78, 5) is 0. The highest BCUT2D eigenvalue weighted by Gasteiger charge is 2.07. The van der Waals surface area contributed by atoms with Crippen molar-refractivity contribution in [1.82, 2.24) is 5.32 Å². The molecule has 0 aliphatic carbocycles. The van der Waals surface area contributed by atoms with Crippen molar-refractivity contribution in [3.8, 4) is 12.3 Å². The lowest BCUT2D eigenvalue weighted by molar-refractivity contribution is 0.435. The minimum Gasteiger partial charge on any atom is -0.316 e. The van der Waals surface area contributed by atoms with Gasteiger partial charge in [-0.3, -0.25) is 0 Å². The van der Waals surface area contributed by atoms with Gasteiger partial charge in [-0.2, -0.15) is 0 Å². The summed E-state index contributed by atoms with van der Waals surface area (Å²) >= 11 is 0. The minimum atomic E-state index is 0.481. The zero-order valence-corrected chi connectivity index (χ0v) is 6.44. The molecule has 0 heterocycles. The van der Waals surface area contributed by atoms with E-state index in [4.69, 9.17) is 6.42 Å². The molecule has 0 rings (SSSR count). The van der Waals surface area contributed by atoms with Crippen LogP contribution in [-0.2, 0) is 0 Å². The van der Waals surface area contributed by atoms with E-state index >= 15 is 0 Å². The molecular weight excluding hydrogens is 110 g/mol. The summed E-state index contributed by atoms with van der Waals surface area (Å²) in [5.74, 6) is 3.27. The number of hydrogen-bond acceptors (Lipinski definition) is 1. The molecule has 0 spiro atoms. The fourth-order valence-electron chi connectivity index (χ4n) is 0.798. The van der Waals surface area contributed by atoms with Crippen LogP contribution in [0, 0.1) is 18.3 Å². The molecule has 0 aromatic carbocycles. The fraction of sp³-hybridized carbons (Fsp3) is 0.750. The second-order valence-corrected chi connectivity index (χ2v) is 2.55. The van der Waals surface area contributed by atoms with Crippen molar-refractivity contribution in [2.24, 2.45) is 5.92 Å². The lowest BCUT2D eigenvalue weighted by Crippen LogP contribution is -2.29. The first-order chi connectivity index (χ1) is 4.22. The second kappa shape index (κ2) is 4.40. The molecule has 52 valence electrons. The average Bonchev–Trinajstić information content (AvgIpc) is 1.82. The van der Waals surface area contributed by atoms with E-state index in [9.17, 15) is 0 Å². The van der Waals surface area contributed by atoms with Gasteiger partial charge in [0.05, 0.1) is 0 Å². The first kappa shape index (κ1) is 8.52. The van der Waals surface area contributed by atoms with Gasteiger partial charge in [-0.1, -0.05) is 13.8 Å². The molecule has 0 saturated carbocycles. The maximum Gasteiger partial charge on any atom is 0.0243 e. The maximum atomic E-state index is 5.15. The Balaban J connectivity index is 3.57. The zero-order valence-electron chi connectivity index (χ0n) is 6.44. The van der Waals surface area contributed by atoms with Crippen LogP contribution in [0.2, 0.25) is 0 Å². The number of terminal acetylenes is 1. The summed E-state index contributed by atoms with van der Waals surface area (Å²) < 4.78 is 0. The van der Waals surface area contributed by atoms with Crippen LogP contribution < -0.4 is 5.32 Å². The van der Waals surface area contributed by atoms with E-state index in [1.807, 2.05) is 7.05 Å². The molecule has 1 nitrogen and oxygen atoms in total. The molecule has 0 aromatic heterocycles. The summed E-state index contributed by atoms with van der Waals surface area (Å²) in [5.41, 5.74) is 0. The molecular formula is C8H15N. The van der Waals surface area contributed by atoms with Gasteiger partial charge in [0.1, 0.15) is 0 Å². The van der Waals surface area contributed by atoms with Crippen molar-refractivity contribution >= 4 is 0 Å². The van der Waals surface area contributed by atoms with Gasteiger partial charge in [0, 0.05) is 12.5 Å². The van der Waals surface area contributed by atoms with Crippen molar-refractivity contribution in [2.45, 2.75) is 26.3 Å². The van der Waals surface area contributed by atoms with E-state index < -0.39 is 0 Å². The largest absolute Gasteiger partial charge is 0.316 e. The van der Waals surface area contributed by atoms with Gasteiger partial charge in [0.15, 0.2) is 0 Å². The van der Waals surface area contributed by atoms with Crippen molar-refractivity contribution in [1.29, 1.82) is 0 Å². The van der Waals surface area contributed by atoms with Crippen LogP contribution in [-0.4, -0.2) is 13.1 Å². The molecule has 1 N–H and O–H groups in total. The summed E-state index contributed by atoms with van der Waals surface area (Å²) in [7, 11) is 1.95. The van der Waals surface area contributed by atoms with E-state index in [0.29, 0.717) is 12.0 Å². The molecule has 0 aliphatic rings. The quantitative estimate of drug-likeness (QED) is 0.560. The van der Waals surface area contributed by atoms with Crippen LogP contribution in [0.4, 0.5) is 0 Å². The summed E-state index contributed by atoms with van der Waals surface area (Å²) in [5, 5.41) is 3.16.